The van der Waals surface area contributed by atoms with Crippen molar-refractivity contribution in [2.45, 2.75) is 0 Å². The molecule has 0 saturated carbocycles. The Balaban J connectivity index is 2.09. The van der Waals surface area contributed by atoms with E-state index in [4.69, 9.17) is 0 Å². The summed E-state index contributed by atoms with van der Waals surface area (Å²) >= 11 is 0. The summed E-state index contributed by atoms with van der Waals surface area (Å²) in [7, 11) is 5.73. The number of benzene rings is 1. The molecule has 0 atom stereocenters. The molecule has 0 unspecified atom stereocenters. The van der Waals surface area contributed by atoms with E-state index in [-0.39, 0.29) is 5.91 Å². The standard InChI is InChI=1S/C13H16N4O/c1-16(2)12-6-4-10(5-7-12)13(18)15-11-8-14-17(3)9-11/h4-9H,1-3H3,(H,15,18). The van der Waals surface area contributed by atoms with Gasteiger partial charge >= 0.3 is 0 Å². The van der Waals surface area contributed by atoms with Gasteiger partial charge in [-0.05, 0) is 24.3 Å². The lowest BCUT2D eigenvalue weighted by molar-refractivity contribution is 0.102. The number of anilines is 2. The molecule has 0 spiro atoms. The summed E-state index contributed by atoms with van der Waals surface area (Å²) in [6.45, 7) is 0. The number of carbonyl (C=O) groups excluding carboxylic acids is 1. The van der Waals surface area contributed by atoms with E-state index in [9.17, 15) is 4.79 Å². The molecule has 0 radical (unpaired) electrons. The molecule has 1 amide bonds. The normalized spacial score (nSPS) is 10.2. The minimum absolute atomic E-state index is 0.131. The molecule has 1 N–H and O–H groups in total. The first-order valence-electron chi connectivity index (χ1n) is 5.63. The van der Waals surface area contributed by atoms with Crippen LogP contribution in [0.3, 0.4) is 0 Å². The van der Waals surface area contributed by atoms with E-state index in [1.807, 2.05) is 38.2 Å². The zero-order valence-electron chi connectivity index (χ0n) is 10.7. The third kappa shape index (κ3) is 2.68. The molecule has 1 heterocycles. The lowest BCUT2D eigenvalue weighted by Gasteiger charge is -2.12. The van der Waals surface area contributed by atoms with Gasteiger partial charge in [-0.25, -0.2) is 0 Å². The maximum absolute atomic E-state index is 11.9. The zero-order valence-corrected chi connectivity index (χ0v) is 10.7. The van der Waals surface area contributed by atoms with Crippen molar-refractivity contribution in [3.8, 4) is 0 Å². The van der Waals surface area contributed by atoms with E-state index in [1.54, 1.807) is 29.2 Å². The van der Waals surface area contributed by atoms with Crippen LogP contribution in [0, 0.1) is 0 Å². The molecule has 5 heteroatoms. The van der Waals surface area contributed by atoms with Gasteiger partial charge in [-0.2, -0.15) is 5.10 Å². The monoisotopic (exact) mass is 244 g/mol. The second kappa shape index (κ2) is 4.91. The summed E-state index contributed by atoms with van der Waals surface area (Å²) < 4.78 is 1.64. The van der Waals surface area contributed by atoms with Gasteiger partial charge in [0.25, 0.3) is 5.91 Å². The summed E-state index contributed by atoms with van der Waals surface area (Å²) in [4.78, 5) is 13.9. The van der Waals surface area contributed by atoms with Gasteiger partial charge in [0.2, 0.25) is 0 Å². The fourth-order valence-corrected chi connectivity index (χ4v) is 1.60. The van der Waals surface area contributed by atoms with Gasteiger partial charge < -0.3 is 10.2 Å². The highest BCUT2D eigenvalue weighted by molar-refractivity contribution is 6.04. The largest absolute Gasteiger partial charge is 0.378 e. The number of amides is 1. The SMILES string of the molecule is CN(C)c1ccc(C(=O)Nc2cnn(C)c2)cc1. The van der Waals surface area contributed by atoms with Crippen LogP contribution in [0.5, 0.6) is 0 Å². The molecule has 0 aliphatic rings. The molecule has 18 heavy (non-hydrogen) atoms. The average molecular weight is 244 g/mol. The molecule has 0 bridgehead atoms. The third-order valence-electron chi connectivity index (χ3n) is 2.61. The van der Waals surface area contributed by atoms with Crippen molar-refractivity contribution in [1.82, 2.24) is 9.78 Å². The van der Waals surface area contributed by atoms with E-state index < -0.39 is 0 Å². The predicted octanol–water partition coefficient (Wildman–Crippen LogP) is 1.74. The zero-order chi connectivity index (χ0) is 13.1. The van der Waals surface area contributed by atoms with Gasteiger partial charge in [-0.1, -0.05) is 0 Å². The molecular weight excluding hydrogens is 228 g/mol. The Hall–Kier alpha value is -2.30. The fraction of sp³-hybridized carbons (Fsp3) is 0.231. The smallest absolute Gasteiger partial charge is 0.255 e. The minimum Gasteiger partial charge on any atom is -0.378 e. The number of hydrogen-bond acceptors (Lipinski definition) is 3. The number of nitrogens with zero attached hydrogens (tertiary/aromatic N) is 3. The molecule has 2 aromatic rings. The molecule has 0 aliphatic carbocycles. The van der Waals surface area contributed by atoms with Crippen molar-refractivity contribution in [3.63, 3.8) is 0 Å². The average Bonchev–Trinajstić information content (AvgIpc) is 2.75. The number of aromatic nitrogens is 2. The second-order valence-electron chi connectivity index (χ2n) is 4.30. The van der Waals surface area contributed by atoms with Crippen molar-refractivity contribution in [1.29, 1.82) is 0 Å². The molecule has 0 fully saturated rings. The van der Waals surface area contributed by atoms with Crippen molar-refractivity contribution in [2.75, 3.05) is 24.3 Å². The number of carbonyl (C=O) groups is 1. The summed E-state index contributed by atoms with van der Waals surface area (Å²) in [6, 6.07) is 7.44. The molecule has 94 valence electrons. The topological polar surface area (TPSA) is 50.2 Å². The molecular formula is C13H16N4O. The number of rotatable bonds is 3. The minimum atomic E-state index is -0.131. The van der Waals surface area contributed by atoms with Crippen LogP contribution < -0.4 is 10.2 Å². The highest BCUT2D eigenvalue weighted by atomic mass is 16.1. The molecule has 1 aromatic carbocycles. The Kier molecular flexibility index (Phi) is 3.32. The summed E-state index contributed by atoms with van der Waals surface area (Å²) in [5.74, 6) is -0.131. The van der Waals surface area contributed by atoms with Crippen LogP contribution in [0.1, 0.15) is 10.4 Å². The van der Waals surface area contributed by atoms with E-state index in [0.29, 0.717) is 11.3 Å². The highest BCUT2D eigenvalue weighted by Gasteiger charge is 2.07. The first-order valence-corrected chi connectivity index (χ1v) is 5.63. The van der Waals surface area contributed by atoms with E-state index in [0.717, 1.165) is 5.69 Å². The van der Waals surface area contributed by atoms with E-state index in [2.05, 4.69) is 10.4 Å². The van der Waals surface area contributed by atoms with E-state index in [1.165, 1.54) is 0 Å². The van der Waals surface area contributed by atoms with Gasteiger partial charge in [0, 0.05) is 38.6 Å². The Bertz CT molecular complexity index is 542. The Morgan fingerprint density at radius 2 is 1.94 bits per heavy atom. The van der Waals surface area contributed by atoms with Crippen LogP contribution in [0.15, 0.2) is 36.7 Å². The molecule has 5 nitrogen and oxygen atoms in total. The van der Waals surface area contributed by atoms with Gasteiger partial charge in [-0.15, -0.1) is 0 Å². The van der Waals surface area contributed by atoms with Crippen molar-refractivity contribution >= 4 is 17.3 Å². The van der Waals surface area contributed by atoms with Crippen molar-refractivity contribution in [2.24, 2.45) is 7.05 Å². The van der Waals surface area contributed by atoms with E-state index >= 15 is 0 Å². The Morgan fingerprint density at radius 3 is 2.44 bits per heavy atom. The fourth-order valence-electron chi connectivity index (χ4n) is 1.60. The number of hydrogen-bond donors (Lipinski definition) is 1. The maximum Gasteiger partial charge on any atom is 0.255 e. The van der Waals surface area contributed by atoms with Crippen LogP contribution in [0.4, 0.5) is 11.4 Å². The molecule has 2 rings (SSSR count). The molecule has 0 aliphatic heterocycles. The van der Waals surface area contributed by atoms with Gasteiger partial charge in [0.05, 0.1) is 11.9 Å². The molecule has 1 aromatic heterocycles. The summed E-state index contributed by atoms with van der Waals surface area (Å²) in [5, 5.41) is 6.79. The van der Waals surface area contributed by atoms with Crippen molar-refractivity contribution in [3.05, 3.63) is 42.2 Å². The van der Waals surface area contributed by atoms with Crippen molar-refractivity contribution < 1.29 is 4.79 Å². The van der Waals surface area contributed by atoms with Gasteiger partial charge in [0.1, 0.15) is 0 Å². The van der Waals surface area contributed by atoms with Crippen LogP contribution in [-0.2, 0) is 7.05 Å². The van der Waals surface area contributed by atoms with Crippen LogP contribution in [-0.4, -0.2) is 29.8 Å². The quantitative estimate of drug-likeness (QED) is 0.894. The highest BCUT2D eigenvalue weighted by Crippen LogP contribution is 2.13. The lowest BCUT2D eigenvalue weighted by atomic mass is 10.2. The van der Waals surface area contributed by atoms with Crippen LogP contribution >= 0.6 is 0 Å². The molecule has 0 saturated heterocycles. The van der Waals surface area contributed by atoms with Gasteiger partial charge in [0.15, 0.2) is 0 Å². The second-order valence-corrected chi connectivity index (χ2v) is 4.30. The summed E-state index contributed by atoms with van der Waals surface area (Å²) in [5.41, 5.74) is 2.39. The summed E-state index contributed by atoms with van der Waals surface area (Å²) in [6.07, 6.45) is 3.37. The first-order chi connectivity index (χ1) is 8.56. The predicted molar refractivity (Wildman–Crippen MR) is 71.9 cm³/mol. The number of aryl methyl sites for hydroxylation is 1. The first kappa shape index (κ1) is 12.2. The number of nitrogens with one attached hydrogen (secondary N) is 1. The maximum atomic E-state index is 11.9. The Morgan fingerprint density at radius 1 is 1.28 bits per heavy atom. The van der Waals surface area contributed by atoms with Crippen LogP contribution in [0.25, 0.3) is 0 Å². The third-order valence-corrected chi connectivity index (χ3v) is 2.61. The lowest BCUT2D eigenvalue weighted by Crippen LogP contribution is -2.12. The van der Waals surface area contributed by atoms with Crippen LogP contribution in [0.2, 0.25) is 0 Å². The Labute approximate surface area is 106 Å². The van der Waals surface area contributed by atoms with Gasteiger partial charge in [-0.3, -0.25) is 9.48 Å².